The van der Waals surface area contributed by atoms with Crippen LogP contribution in [0.1, 0.15) is 20.3 Å². The van der Waals surface area contributed by atoms with E-state index in [0.717, 1.165) is 5.75 Å². The van der Waals surface area contributed by atoms with Crippen molar-refractivity contribution in [1.82, 2.24) is 5.43 Å². The maximum Gasteiger partial charge on any atom is 0.234 e. The average molecular weight is 162 g/mol. The lowest BCUT2D eigenvalue weighted by atomic mass is 10.3. The molecule has 10 heavy (non-hydrogen) atoms. The Morgan fingerprint density at radius 1 is 1.80 bits per heavy atom. The summed E-state index contributed by atoms with van der Waals surface area (Å²) >= 11 is 1.76. The minimum absolute atomic E-state index is 0.0894. The first-order valence-electron chi connectivity index (χ1n) is 3.31. The van der Waals surface area contributed by atoms with Crippen LogP contribution in [0.15, 0.2) is 0 Å². The Morgan fingerprint density at radius 3 is 2.80 bits per heavy atom. The predicted octanol–water partition coefficient (Wildman–Crippen LogP) is 0.508. The molecule has 0 bridgehead atoms. The summed E-state index contributed by atoms with van der Waals surface area (Å²) < 4.78 is 0. The summed E-state index contributed by atoms with van der Waals surface area (Å²) in [6.45, 7) is 4.09. The highest BCUT2D eigenvalue weighted by atomic mass is 32.2. The summed E-state index contributed by atoms with van der Waals surface area (Å²) in [5, 5.41) is 0.369. The van der Waals surface area contributed by atoms with Gasteiger partial charge in [-0.05, 0) is 5.75 Å². The van der Waals surface area contributed by atoms with E-state index in [4.69, 9.17) is 5.84 Å². The van der Waals surface area contributed by atoms with Crippen molar-refractivity contribution in [3.05, 3.63) is 0 Å². The maximum absolute atomic E-state index is 10.6. The summed E-state index contributed by atoms with van der Waals surface area (Å²) in [4.78, 5) is 10.6. The fourth-order valence-electron chi connectivity index (χ4n) is 0.663. The van der Waals surface area contributed by atoms with Crippen LogP contribution in [-0.4, -0.2) is 16.9 Å². The molecule has 60 valence electrons. The molecule has 3 nitrogen and oxygen atoms in total. The van der Waals surface area contributed by atoms with Crippen molar-refractivity contribution in [2.45, 2.75) is 25.5 Å². The number of hydrazine groups is 1. The molecule has 0 radical (unpaired) electrons. The van der Waals surface area contributed by atoms with Crippen LogP contribution in [0.25, 0.3) is 0 Å². The van der Waals surface area contributed by atoms with Crippen molar-refractivity contribution in [2.24, 2.45) is 5.84 Å². The third-order valence-corrected chi connectivity index (χ3v) is 2.15. The molecule has 3 N–H and O–H groups in total. The number of thioether (sulfide) groups is 1. The molecular formula is C6H14N2OS. The second-order valence-electron chi connectivity index (χ2n) is 2.04. The molecule has 0 aliphatic rings. The highest BCUT2D eigenvalue weighted by Gasteiger charge is 2.05. The fourth-order valence-corrected chi connectivity index (χ4v) is 1.50. The minimum Gasteiger partial charge on any atom is -0.294 e. The monoisotopic (exact) mass is 162 g/mol. The molecule has 0 fully saturated rings. The second-order valence-corrected chi connectivity index (χ2v) is 3.75. The number of nitrogens with two attached hydrogens (primary N) is 1. The third-order valence-electron chi connectivity index (χ3n) is 1.09. The van der Waals surface area contributed by atoms with E-state index in [9.17, 15) is 4.79 Å². The van der Waals surface area contributed by atoms with Crippen molar-refractivity contribution < 1.29 is 4.79 Å². The average Bonchev–Trinajstić information content (AvgIpc) is 1.88. The summed E-state index contributed by atoms with van der Waals surface area (Å²) in [5.41, 5.74) is 2.10. The van der Waals surface area contributed by atoms with E-state index in [1.54, 1.807) is 11.8 Å². The minimum atomic E-state index is -0.0894. The number of rotatable bonds is 4. The standard InChI is InChI=1S/C6H14N2OS/c1-3-10-5(2)4-6(9)8-7/h5H,3-4,7H2,1-2H3,(H,8,9). The lowest BCUT2D eigenvalue weighted by Gasteiger charge is -2.06. The Bertz CT molecular complexity index is 108. The van der Waals surface area contributed by atoms with Gasteiger partial charge in [-0.15, -0.1) is 0 Å². The van der Waals surface area contributed by atoms with Gasteiger partial charge in [0.2, 0.25) is 5.91 Å². The molecule has 0 heterocycles. The number of hydrogen-bond donors (Lipinski definition) is 2. The van der Waals surface area contributed by atoms with Gasteiger partial charge in [-0.25, -0.2) is 5.84 Å². The number of hydrogen-bond acceptors (Lipinski definition) is 3. The van der Waals surface area contributed by atoms with E-state index in [0.29, 0.717) is 11.7 Å². The van der Waals surface area contributed by atoms with Crippen LogP contribution < -0.4 is 11.3 Å². The molecule has 0 saturated carbocycles. The van der Waals surface area contributed by atoms with Crippen LogP contribution in [0.2, 0.25) is 0 Å². The van der Waals surface area contributed by atoms with E-state index in [1.807, 2.05) is 6.92 Å². The van der Waals surface area contributed by atoms with Crippen molar-refractivity contribution in [2.75, 3.05) is 5.75 Å². The van der Waals surface area contributed by atoms with Crippen molar-refractivity contribution in [1.29, 1.82) is 0 Å². The van der Waals surface area contributed by atoms with E-state index in [-0.39, 0.29) is 5.91 Å². The van der Waals surface area contributed by atoms with Gasteiger partial charge >= 0.3 is 0 Å². The van der Waals surface area contributed by atoms with Crippen LogP contribution in [0.4, 0.5) is 0 Å². The molecule has 0 aromatic heterocycles. The number of amides is 1. The van der Waals surface area contributed by atoms with E-state index in [1.165, 1.54) is 0 Å². The first kappa shape index (κ1) is 9.78. The molecule has 0 rings (SSSR count). The van der Waals surface area contributed by atoms with Gasteiger partial charge in [0, 0.05) is 11.7 Å². The zero-order valence-corrected chi connectivity index (χ0v) is 7.20. The highest BCUT2D eigenvalue weighted by molar-refractivity contribution is 7.99. The first-order valence-corrected chi connectivity index (χ1v) is 4.36. The first-order chi connectivity index (χ1) is 4.70. The number of carbonyl (C=O) groups excluding carboxylic acids is 1. The molecule has 1 atom stereocenters. The lowest BCUT2D eigenvalue weighted by molar-refractivity contribution is -0.121. The van der Waals surface area contributed by atoms with Crippen LogP contribution in [0.5, 0.6) is 0 Å². The Labute approximate surface area is 65.7 Å². The SMILES string of the molecule is CCSC(C)CC(=O)NN. The number of nitrogens with one attached hydrogen (secondary N) is 1. The van der Waals surface area contributed by atoms with Gasteiger partial charge in [-0.3, -0.25) is 10.2 Å². The Kier molecular flexibility index (Phi) is 5.43. The molecule has 0 saturated heterocycles. The second kappa shape index (κ2) is 5.56. The molecule has 1 unspecified atom stereocenters. The summed E-state index contributed by atoms with van der Waals surface area (Å²) in [6.07, 6.45) is 0.509. The largest absolute Gasteiger partial charge is 0.294 e. The normalized spacial score (nSPS) is 12.7. The van der Waals surface area contributed by atoms with Crippen LogP contribution >= 0.6 is 11.8 Å². The van der Waals surface area contributed by atoms with Gasteiger partial charge in [-0.2, -0.15) is 11.8 Å². The van der Waals surface area contributed by atoms with Gasteiger partial charge < -0.3 is 0 Å². The highest BCUT2D eigenvalue weighted by Crippen LogP contribution is 2.12. The molecule has 0 aliphatic carbocycles. The molecule has 0 aliphatic heterocycles. The molecule has 0 aromatic carbocycles. The third kappa shape index (κ3) is 4.64. The van der Waals surface area contributed by atoms with E-state index < -0.39 is 0 Å². The predicted molar refractivity (Wildman–Crippen MR) is 44.5 cm³/mol. The summed E-state index contributed by atoms with van der Waals surface area (Å²) in [6, 6.07) is 0. The van der Waals surface area contributed by atoms with Gasteiger partial charge in [0.15, 0.2) is 0 Å². The van der Waals surface area contributed by atoms with Crippen LogP contribution in [-0.2, 0) is 4.79 Å². The zero-order valence-electron chi connectivity index (χ0n) is 6.39. The van der Waals surface area contributed by atoms with Crippen molar-refractivity contribution in [3.63, 3.8) is 0 Å². The molecule has 0 spiro atoms. The molecule has 1 amide bonds. The maximum atomic E-state index is 10.6. The summed E-state index contributed by atoms with van der Waals surface area (Å²) in [7, 11) is 0. The van der Waals surface area contributed by atoms with Gasteiger partial charge in [0.1, 0.15) is 0 Å². The smallest absolute Gasteiger partial charge is 0.234 e. The van der Waals surface area contributed by atoms with Gasteiger partial charge in [0.05, 0.1) is 0 Å². The van der Waals surface area contributed by atoms with Crippen LogP contribution in [0, 0.1) is 0 Å². The molecule has 4 heteroatoms. The Morgan fingerprint density at radius 2 is 2.40 bits per heavy atom. The van der Waals surface area contributed by atoms with Crippen molar-refractivity contribution >= 4 is 17.7 Å². The van der Waals surface area contributed by atoms with Crippen molar-refractivity contribution in [3.8, 4) is 0 Å². The van der Waals surface area contributed by atoms with Crippen LogP contribution in [0.3, 0.4) is 0 Å². The van der Waals surface area contributed by atoms with Gasteiger partial charge in [0.25, 0.3) is 0 Å². The van der Waals surface area contributed by atoms with E-state index >= 15 is 0 Å². The van der Waals surface area contributed by atoms with Gasteiger partial charge in [-0.1, -0.05) is 13.8 Å². The summed E-state index contributed by atoms with van der Waals surface area (Å²) in [5.74, 6) is 5.86. The zero-order chi connectivity index (χ0) is 7.98. The Hall–Kier alpha value is -0.220. The number of carbonyl (C=O) groups is 1. The fraction of sp³-hybridized carbons (Fsp3) is 0.833. The Balaban J connectivity index is 3.37. The van der Waals surface area contributed by atoms with E-state index in [2.05, 4.69) is 12.3 Å². The lowest BCUT2D eigenvalue weighted by Crippen LogP contribution is -2.31. The topological polar surface area (TPSA) is 55.1 Å². The molecular weight excluding hydrogens is 148 g/mol. The molecule has 0 aromatic rings. The quantitative estimate of drug-likeness (QED) is 0.360.